The van der Waals surface area contributed by atoms with Crippen molar-refractivity contribution in [2.24, 2.45) is 0 Å². The zero-order valence-corrected chi connectivity index (χ0v) is 12.9. The largest absolute Gasteiger partial charge is 0.496 e. The van der Waals surface area contributed by atoms with E-state index >= 15 is 0 Å². The molecular weight excluding hydrogens is 254 g/mol. The highest BCUT2D eigenvalue weighted by Crippen LogP contribution is 2.31. The van der Waals surface area contributed by atoms with Gasteiger partial charge in [-0.05, 0) is 30.0 Å². The van der Waals surface area contributed by atoms with Crippen molar-refractivity contribution in [3.63, 3.8) is 0 Å². The van der Waals surface area contributed by atoms with Gasteiger partial charge in [0.2, 0.25) is 0 Å². The molecule has 114 valence electrons. The fraction of sp³-hybridized carbons (Fsp3) is 0.625. The molecule has 0 aliphatic rings. The zero-order valence-electron chi connectivity index (χ0n) is 12.9. The molecule has 1 rings (SSSR count). The van der Waals surface area contributed by atoms with Gasteiger partial charge in [-0.25, -0.2) is 0 Å². The summed E-state index contributed by atoms with van der Waals surface area (Å²) in [7, 11) is 1.61. The average Bonchev–Trinajstić information content (AvgIpc) is 2.46. The summed E-state index contributed by atoms with van der Waals surface area (Å²) in [5.74, 6) is 1.10. The smallest absolute Gasteiger partial charge is 0.124 e. The summed E-state index contributed by atoms with van der Waals surface area (Å²) in [6.45, 7) is 6.80. The number of methoxy groups -OCH3 is 1. The van der Waals surface area contributed by atoms with Crippen molar-refractivity contribution in [2.75, 3.05) is 20.3 Å². The molecule has 0 aliphatic carbocycles. The maximum absolute atomic E-state index is 10.6. The number of aliphatic hydroxyl groups excluding tert-OH is 2. The van der Waals surface area contributed by atoms with Crippen LogP contribution in [-0.4, -0.2) is 36.5 Å². The van der Waals surface area contributed by atoms with Gasteiger partial charge in [0.15, 0.2) is 0 Å². The van der Waals surface area contributed by atoms with Gasteiger partial charge in [0.1, 0.15) is 5.75 Å². The van der Waals surface area contributed by atoms with Crippen molar-refractivity contribution in [3.05, 3.63) is 29.3 Å². The van der Waals surface area contributed by atoms with Crippen molar-refractivity contribution in [1.29, 1.82) is 0 Å². The SMILES string of the molecule is CCC(NCCO)C(O)c1cc(C(C)C)ccc1OC. The van der Waals surface area contributed by atoms with Gasteiger partial charge in [-0.15, -0.1) is 0 Å². The molecule has 4 heteroatoms. The molecule has 0 aromatic heterocycles. The number of hydrogen-bond donors (Lipinski definition) is 3. The predicted octanol–water partition coefficient (Wildman–Crippen LogP) is 2.21. The fourth-order valence-corrected chi connectivity index (χ4v) is 2.29. The van der Waals surface area contributed by atoms with Gasteiger partial charge < -0.3 is 20.3 Å². The van der Waals surface area contributed by atoms with E-state index in [1.807, 2.05) is 25.1 Å². The van der Waals surface area contributed by atoms with Crippen LogP contribution >= 0.6 is 0 Å². The van der Waals surface area contributed by atoms with Crippen LogP contribution < -0.4 is 10.1 Å². The Labute approximate surface area is 121 Å². The highest BCUT2D eigenvalue weighted by atomic mass is 16.5. The summed E-state index contributed by atoms with van der Waals surface area (Å²) in [6, 6.07) is 5.85. The molecule has 0 aliphatic heterocycles. The fourth-order valence-electron chi connectivity index (χ4n) is 2.29. The molecule has 0 heterocycles. The van der Waals surface area contributed by atoms with Gasteiger partial charge in [0, 0.05) is 18.2 Å². The molecular formula is C16H27NO3. The number of ether oxygens (including phenoxy) is 1. The predicted molar refractivity (Wildman–Crippen MR) is 81.2 cm³/mol. The molecule has 1 aromatic carbocycles. The van der Waals surface area contributed by atoms with Gasteiger partial charge >= 0.3 is 0 Å². The molecule has 0 saturated heterocycles. The molecule has 2 atom stereocenters. The lowest BCUT2D eigenvalue weighted by molar-refractivity contribution is 0.119. The number of aliphatic hydroxyl groups is 2. The highest BCUT2D eigenvalue weighted by molar-refractivity contribution is 5.40. The minimum atomic E-state index is -0.653. The quantitative estimate of drug-likeness (QED) is 0.684. The summed E-state index contributed by atoms with van der Waals surface area (Å²) >= 11 is 0. The van der Waals surface area contributed by atoms with E-state index in [4.69, 9.17) is 9.84 Å². The van der Waals surface area contributed by atoms with Crippen LogP contribution in [0.25, 0.3) is 0 Å². The lowest BCUT2D eigenvalue weighted by Crippen LogP contribution is -2.36. The lowest BCUT2D eigenvalue weighted by atomic mass is 9.94. The summed E-state index contributed by atoms with van der Waals surface area (Å²) in [6.07, 6.45) is 0.121. The van der Waals surface area contributed by atoms with Crippen LogP contribution in [0.15, 0.2) is 18.2 Å². The van der Waals surface area contributed by atoms with E-state index in [1.54, 1.807) is 7.11 Å². The Bertz CT molecular complexity index is 407. The van der Waals surface area contributed by atoms with E-state index < -0.39 is 6.10 Å². The zero-order chi connectivity index (χ0) is 15.1. The second-order valence-corrected chi connectivity index (χ2v) is 5.29. The summed E-state index contributed by atoms with van der Waals surface area (Å²) in [4.78, 5) is 0. The normalized spacial score (nSPS) is 14.3. The van der Waals surface area contributed by atoms with E-state index in [2.05, 4.69) is 19.2 Å². The third-order valence-corrected chi connectivity index (χ3v) is 3.58. The minimum absolute atomic E-state index is 0.0619. The maximum Gasteiger partial charge on any atom is 0.124 e. The second kappa shape index (κ2) is 8.25. The number of benzene rings is 1. The van der Waals surface area contributed by atoms with Crippen molar-refractivity contribution in [3.8, 4) is 5.75 Å². The van der Waals surface area contributed by atoms with E-state index in [-0.39, 0.29) is 12.6 Å². The monoisotopic (exact) mass is 281 g/mol. The topological polar surface area (TPSA) is 61.7 Å². The molecule has 3 N–H and O–H groups in total. The summed E-state index contributed by atoms with van der Waals surface area (Å²) < 4.78 is 5.36. The highest BCUT2D eigenvalue weighted by Gasteiger charge is 2.22. The van der Waals surface area contributed by atoms with Crippen molar-refractivity contribution >= 4 is 0 Å². The van der Waals surface area contributed by atoms with Gasteiger partial charge in [-0.3, -0.25) is 0 Å². The Morgan fingerprint density at radius 3 is 2.50 bits per heavy atom. The van der Waals surface area contributed by atoms with Crippen LogP contribution in [0.3, 0.4) is 0 Å². The molecule has 0 spiro atoms. The Morgan fingerprint density at radius 2 is 2.00 bits per heavy atom. The van der Waals surface area contributed by atoms with Crippen LogP contribution in [0.1, 0.15) is 50.3 Å². The molecule has 0 radical (unpaired) electrons. The molecule has 0 amide bonds. The lowest BCUT2D eigenvalue weighted by Gasteiger charge is -2.25. The summed E-state index contributed by atoms with van der Waals surface area (Å²) in [5.41, 5.74) is 1.98. The minimum Gasteiger partial charge on any atom is -0.496 e. The van der Waals surface area contributed by atoms with Crippen molar-refractivity contribution in [2.45, 2.75) is 45.3 Å². The molecule has 2 unspecified atom stereocenters. The average molecular weight is 281 g/mol. The third-order valence-electron chi connectivity index (χ3n) is 3.58. The number of rotatable bonds is 8. The van der Waals surface area contributed by atoms with E-state index in [0.717, 1.165) is 12.0 Å². The first-order chi connectivity index (χ1) is 9.54. The van der Waals surface area contributed by atoms with Crippen LogP contribution in [0.2, 0.25) is 0 Å². The third kappa shape index (κ3) is 4.20. The number of hydrogen-bond acceptors (Lipinski definition) is 4. The Hall–Kier alpha value is -1.10. The Morgan fingerprint density at radius 1 is 1.30 bits per heavy atom. The van der Waals surface area contributed by atoms with Crippen LogP contribution in [0.5, 0.6) is 5.75 Å². The molecule has 0 bridgehead atoms. The van der Waals surface area contributed by atoms with Gasteiger partial charge in [-0.2, -0.15) is 0 Å². The summed E-state index contributed by atoms with van der Waals surface area (Å²) in [5, 5.41) is 22.7. The molecule has 0 fully saturated rings. The van der Waals surface area contributed by atoms with Gasteiger partial charge in [0.05, 0.1) is 19.8 Å². The van der Waals surface area contributed by atoms with E-state index in [0.29, 0.717) is 18.2 Å². The first kappa shape index (κ1) is 17.0. The Balaban J connectivity index is 3.04. The van der Waals surface area contributed by atoms with Gasteiger partial charge in [-0.1, -0.05) is 26.8 Å². The van der Waals surface area contributed by atoms with Crippen molar-refractivity contribution in [1.82, 2.24) is 5.32 Å². The molecule has 0 saturated carbocycles. The molecule has 4 nitrogen and oxygen atoms in total. The number of nitrogens with one attached hydrogen (secondary N) is 1. The van der Waals surface area contributed by atoms with Crippen LogP contribution in [-0.2, 0) is 0 Å². The van der Waals surface area contributed by atoms with Crippen molar-refractivity contribution < 1.29 is 14.9 Å². The molecule has 20 heavy (non-hydrogen) atoms. The van der Waals surface area contributed by atoms with E-state index in [1.165, 1.54) is 5.56 Å². The van der Waals surface area contributed by atoms with Crippen LogP contribution in [0, 0.1) is 0 Å². The first-order valence-electron chi connectivity index (χ1n) is 7.25. The maximum atomic E-state index is 10.6. The van der Waals surface area contributed by atoms with Gasteiger partial charge in [0.25, 0.3) is 0 Å². The van der Waals surface area contributed by atoms with E-state index in [9.17, 15) is 5.11 Å². The standard InChI is InChI=1S/C16H27NO3/c1-5-14(17-8-9-18)16(19)13-10-12(11(2)3)6-7-15(13)20-4/h6-7,10-11,14,16-19H,5,8-9H2,1-4H3. The second-order valence-electron chi connectivity index (χ2n) is 5.29. The Kier molecular flexibility index (Phi) is 6.99. The molecule has 1 aromatic rings. The first-order valence-corrected chi connectivity index (χ1v) is 7.25. The van der Waals surface area contributed by atoms with Crippen LogP contribution in [0.4, 0.5) is 0 Å².